The highest BCUT2D eigenvalue weighted by atomic mass is 16.5. The molecule has 1 saturated carbocycles. The number of hydrogen-bond acceptors (Lipinski definition) is 3. The van der Waals surface area contributed by atoms with Crippen LogP contribution in [-0.2, 0) is 4.74 Å². The summed E-state index contributed by atoms with van der Waals surface area (Å²) in [5, 5.41) is 13.4. The molecule has 0 aliphatic heterocycles. The molecule has 0 saturated heterocycles. The monoisotopic (exact) mass is 285 g/mol. The topological polar surface area (TPSA) is 41.5 Å². The zero-order valence-electron chi connectivity index (χ0n) is 13.8. The van der Waals surface area contributed by atoms with Crippen molar-refractivity contribution in [2.45, 2.75) is 83.8 Å². The van der Waals surface area contributed by atoms with E-state index >= 15 is 0 Å². The third-order valence-corrected chi connectivity index (χ3v) is 4.46. The summed E-state index contributed by atoms with van der Waals surface area (Å²) in [4.78, 5) is 0. The van der Waals surface area contributed by atoms with Crippen LogP contribution in [0.3, 0.4) is 0 Å². The summed E-state index contributed by atoms with van der Waals surface area (Å²) in [7, 11) is 0. The average molecular weight is 285 g/mol. The van der Waals surface area contributed by atoms with Gasteiger partial charge in [0, 0.05) is 0 Å². The van der Waals surface area contributed by atoms with E-state index in [4.69, 9.17) is 4.74 Å². The lowest BCUT2D eigenvalue weighted by Gasteiger charge is -2.34. The number of nitrogens with one attached hydrogen (secondary N) is 1. The van der Waals surface area contributed by atoms with Gasteiger partial charge in [-0.3, -0.25) is 0 Å². The molecular weight excluding hydrogens is 250 g/mol. The number of ether oxygens (including phenoxy) is 1. The van der Waals surface area contributed by atoms with E-state index in [1.165, 1.54) is 38.5 Å². The Bertz CT molecular complexity index is 243. The summed E-state index contributed by atoms with van der Waals surface area (Å²) < 4.78 is 6.05. The zero-order chi connectivity index (χ0) is 14.8. The second kappa shape index (κ2) is 9.75. The summed E-state index contributed by atoms with van der Waals surface area (Å²) in [5.41, 5.74) is -0.187. The van der Waals surface area contributed by atoms with Crippen LogP contribution in [0.2, 0.25) is 0 Å². The van der Waals surface area contributed by atoms with Crippen molar-refractivity contribution in [2.75, 3.05) is 19.8 Å². The van der Waals surface area contributed by atoms with Crippen LogP contribution in [0.1, 0.15) is 72.1 Å². The van der Waals surface area contributed by atoms with Gasteiger partial charge in [0.2, 0.25) is 0 Å². The Morgan fingerprint density at radius 1 is 1.20 bits per heavy atom. The number of aliphatic hydroxyl groups is 1. The Balaban J connectivity index is 2.30. The van der Waals surface area contributed by atoms with E-state index in [2.05, 4.69) is 26.1 Å². The van der Waals surface area contributed by atoms with E-state index in [0.717, 1.165) is 19.4 Å². The highest BCUT2D eigenvalue weighted by molar-refractivity contribution is 5.01. The van der Waals surface area contributed by atoms with Gasteiger partial charge in [0.15, 0.2) is 0 Å². The predicted octanol–water partition coefficient (Wildman–Crippen LogP) is 3.50. The van der Waals surface area contributed by atoms with Gasteiger partial charge < -0.3 is 15.2 Å². The van der Waals surface area contributed by atoms with E-state index < -0.39 is 0 Å². The standard InChI is InChI=1S/C17H35NO2/c1-4-6-7-8-9-15(3)20-14-17(13-19,16-10-11-16)18-12-5-2/h15-16,18-19H,4-14H2,1-3H3. The average Bonchev–Trinajstić information content (AvgIpc) is 3.29. The first-order valence-corrected chi connectivity index (χ1v) is 8.66. The first-order valence-electron chi connectivity index (χ1n) is 8.66. The van der Waals surface area contributed by atoms with Gasteiger partial charge in [-0.1, -0.05) is 39.5 Å². The molecule has 120 valence electrons. The molecule has 0 bridgehead atoms. The fraction of sp³-hybridized carbons (Fsp3) is 1.00. The van der Waals surface area contributed by atoms with Crippen molar-refractivity contribution >= 4 is 0 Å². The largest absolute Gasteiger partial charge is 0.394 e. The Kier molecular flexibility index (Phi) is 8.74. The van der Waals surface area contributed by atoms with Crippen molar-refractivity contribution in [1.82, 2.24) is 5.32 Å². The molecule has 1 aliphatic rings. The third-order valence-electron chi connectivity index (χ3n) is 4.46. The summed E-state index contributed by atoms with van der Waals surface area (Å²) in [6.07, 6.45) is 10.2. The van der Waals surface area contributed by atoms with Gasteiger partial charge in [0.05, 0.1) is 24.9 Å². The van der Waals surface area contributed by atoms with Crippen LogP contribution in [0.5, 0.6) is 0 Å². The van der Waals surface area contributed by atoms with Crippen molar-refractivity contribution in [1.29, 1.82) is 0 Å². The van der Waals surface area contributed by atoms with Gasteiger partial charge in [0.25, 0.3) is 0 Å². The smallest absolute Gasteiger partial charge is 0.0679 e. The highest BCUT2D eigenvalue weighted by Crippen LogP contribution is 2.40. The van der Waals surface area contributed by atoms with E-state index in [0.29, 0.717) is 18.6 Å². The molecule has 1 rings (SSSR count). The van der Waals surface area contributed by atoms with Gasteiger partial charge >= 0.3 is 0 Å². The van der Waals surface area contributed by atoms with Gasteiger partial charge in [0.1, 0.15) is 0 Å². The molecule has 2 atom stereocenters. The maximum Gasteiger partial charge on any atom is 0.0679 e. The van der Waals surface area contributed by atoms with Crippen LogP contribution < -0.4 is 5.32 Å². The normalized spacial score (nSPS) is 19.8. The van der Waals surface area contributed by atoms with Crippen molar-refractivity contribution in [3.8, 4) is 0 Å². The molecule has 0 aromatic carbocycles. The molecule has 2 N–H and O–H groups in total. The SMILES string of the molecule is CCCCCCC(C)OCC(CO)(NCCC)C1CC1. The van der Waals surface area contributed by atoms with Gasteiger partial charge in [-0.2, -0.15) is 0 Å². The predicted molar refractivity (Wildman–Crippen MR) is 85.0 cm³/mol. The Morgan fingerprint density at radius 2 is 1.95 bits per heavy atom. The van der Waals surface area contributed by atoms with Crippen molar-refractivity contribution in [3.63, 3.8) is 0 Å². The maximum absolute atomic E-state index is 9.83. The maximum atomic E-state index is 9.83. The van der Waals surface area contributed by atoms with Crippen molar-refractivity contribution in [3.05, 3.63) is 0 Å². The van der Waals surface area contributed by atoms with Crippen molar-refractivity contribution in [2.24, 2.45) is 5.92 Å². The number of aliphatic hydroxyl groups excluding tert-OH is 1. The van der Waals surface area contributed by atoms with E-state index in [9.17, 15) is 5.11 Å². The summed E-state index contributed by atoms with van der Waals surface area (Å²) in [6, 6.07) is 0. The van der Waals surface area contributed by atoms with E-state index in [1.807, 2.05) is 0 Å². The molecule has 0 spiro atoms. The first-order chi connectivity index (χ1) is 9.68. The molecular formula is C17H35NO2. The summed E-state index contributed by atoms with van der Waals surface area (Å²) in [5.74, 6) is 0.603. The van der Waals surface area contributed by atoms with Crippen LogP contribution in [0.25, 0.3) is 0 Å². The minimum absolute atomic E-state index is 0.187. The number of rotatable bonds is 13. The van der Waals surface area contributed by atoms with E-state index in [1.54, 1.807) is 0 Å². The fourth-order valence-corrected chi connectivity index (χ4v) is 2.79. The molecule has 1 aliphatic carbocycles. The number of unbranched alkanes of at least 4 members (excludes halogenated alkanes) is 3. The zero-order valence-corrected chi connectivity index (χ0v) is 13.8. The summed E-state index contributed by atoms with van der Waals surface area (Å²) >= 11 is 0. The molecule has 20 heavy (non-hydrogen) atoms. The molecule has 0 aromatic heterocycles. The lowest BCUT2D eigenvalue weighted by molar-refractivity contribution is -0.0147. The quantitative estimate of drug-likeness (QED) is 0.509. The minimum atomic E-state index is -0.187. The molecule has 3 nitrogen and oxygen atoms in total. The molecule has 0 radical (unpaired) electrons. The van der Waals surface area contributed by atoms with Gasteiger partial charge in [-0.05, 0) is 45.1 Å². The summed E-state index contributed by atoms with van der Waals surface area (Å²) in [6.45, 7) is 8.39. The second-order valence-corrected chi connectivity index (χ2v) is 6.49. The Hall–Kier alpha value is -0.120. The Morgan fingerprint density at radius 3 is 2.50 bits per heavy atom. The van der Waals surface area contributed by atoms with Crippen LogP contribution in [0.15, 0.2) is 0 Å². The van der Waals surface area contributed by atoms with Crippen molar-refractivity contribution < 1.29 is 9.84 Å². The molecule has 2 unspecified atom stereocenters. The molecule has 0 amide bonds. The first kappa shape index (κ1) is 17.9. The molecule has 0 heterocycles. The molecule has 1 fully saturated rings. The molecule has 3 heteroatoms. The Labute approximate surface area is 125 Å². The fourth-order valence-electron chi connectivity index (χ4n) is 2.79. The van der Waals surface area contributed by atoms with Gasteiger partial charge in [-0.25, -0.2) is 0 Å². The number of hydrogen-bond donors (Lipinski definition) is 2. The van der Waals surface area contributed by atoms with Crippen LogP contribution in [-0.4, -0.2) is 36.5 Å². The molecule has 0 aromatic rings. The highest BCUT2D eigenvalue weighted by Gasteiger charge is 2.44. The lowest BCUT2D eigenvalue weighted by Crippen LogP contribution is -2.55. The second-order valence-electron chi connectivity index (χ2n) is 6.49. The third kappa shape index (κ3) is 6.11. The van der Waals surface area contributed by atoms with Crippen LogP contribution in [0.4, 0.5) is 0 Å². The minimum Gasteiger partial charge on any atom is -0.394 e. The van der Waals surface area contributed by atoms with Gasteiger partial charge in [-0.15, -0.1) is 0 Å². The van der Waals surface area contributed by atoms with E-state index in [-0.39, 0.29) is 12.1 Å². The van der Waals surface area contributed by atoms with Crippen LogP contribution >= 0.6 is 0 Å². The lowest BCUT2D eigenvalue weighted by atomic mass is 9.95. The van der Waals surface area contributed by atoms with Crippen LogP contribution in [0, 0.1) is 5.92 Å².